The fraction of sp³-hybridized carbons (Fsp3) is 1.00. The Hall–Kier alpha value is -0.160. The normalized spacial score (nSPS) is 18.7. The molecule has 0 aromatic rings. The number of hydrogen-bond acceptors (Lipinski definition) is 4. The Balaban J connectivity index is 2.68. The Morgan fingerprint density at radius 2 is 1.90 bits per heavy atom. The summed E-state index contributed by atoms with van der Waals surface area (Å²) < 4.78 is 0. The molecule has 1 aliphatic carbocycles. The van der Waals surface area contributed by atoms with Crippen molar-refractivity contribution in [2.24, 2.45) is 11.8 Å². The van der Waals surface area contributed by atoms with Gasteiger partial charge in [-0.25, -0.2) is 0 Å². The molecule has 1 rings (SSSR count). The van der Waals surface area contributed by atoms with Gasteiger partial charge in [0, 0.05) is 26.2 Å². The predicted octanol–water partition coefficient (Wildman–Crippen LogP) is 1.65. The highest BCUT2D eigenvalue weighted by molar-refractivity contribution is 5.03. The lowest BCUT2D eigenvalue weighted by Crippen LogP contribution is -2.59. The second-order valence-corrected chi connectivity index (χ2v) is 7.45. The fourth-order valence-corrected chi connectivity index (χ4v) is 3.07. The van der Waals surface area contributed by atoms with Crippen molar-refractivity contribution in [3.05, 3.63) is 0 Å². The Morgan fingerprint density at radius 3 is 2.33 bits per heavy atom. The van der Waals surface area contributed by atoms with Crippen LogP contribution in [-0.2, 0) is 0 Å². The van der Waals surface area contributed by atoms with Crippen molar-refractivity contribution >= 4 is 0 Å². The molecule has 0 saturated heterocycles. The van der Waals surface area contributed by atoms with Gasteiger partial charge in [-0.2, -0.15) is 0 Å². The minimum Gasteiger partial charge on any atom is -0.394 e. The topological polar surface area (TPSA) is 38.7 Å². The van der Waals surface area contributed by atoms with Crippen LogP contribution >= 0.6 is 0 Å². The largest absolute Gasteiger partial charge is 0.394 e. The van der Waals surface area contributed by atoms with Crippen molar-refractivity contribution in [2.45, 2.75) is 45.6 Å². The van der Waals surface area contributed by atoms with Gasteiger partial charge in [0.15, 0.2) is 0 Å². The van der Waals surface area contributed by atoms with E-state index in [1.54, 1.807) is 0 Å². The Morgan fingerprint density at radius 1 is 1.24 bits per heavy atom. The molecule has 2 N–H and O–H groups in total. The average Bonchev–Trinajstić information content (AvgIpc) is 3.25. The lowest BCUT2D eigenvalue weighted by atomic mass is 9.92. The molecule has 1 fully saturated rings. The maximum Gasteiger partial charge on any atom is 0.0628 e. The van der Waals surface area contributed by atoms with Crippen molar-refractivity contribution in [3.8, 4) is 0 Å². The highest BCUT2D eigenvalue weighted by Crippen LogP contribution is 2.40. The molecule has 0 aromatic carbocycles. The summed E-state index contributed by atoms with van der Waals surface area (Å²) in [6.07, 6.45) is 3.65. The van der Waals surface area contributed by atoms with Gasteiger partial charge in [0.2, 0.25) is 0 Å². The van der Waals surface area contributed by atoms with E-state index in [-0.39, 0.29) is 12.1 Å². The molecule has 1 atom stereocenters. The highest BCUT2D eigenvalue weighted by atomic mass is 16.3. The monoisotopic (exact) mass is 299 g/mol. The molecule has 0 aromatic heterocycles. The van der Waals surface area contributed by atoms with Crippen LogP contribution in [0.25, 0.3) is 0 Å². The molecule has 1 unspecified atom stereocenters. The van der Waals surface area contributed by atoms with E-state index in [4.69, 9.17) is 0 Å². The zero-order valence-corrected chi connectivity index (χ0v) is 14.9. The van der Waals surface area contributed by atoms with Crippen LogP contribution in [-0.4, -0.2) is 73.9 Å². The van der Waals surface area contributed by atoms with Crippen LogP contribution in [0.2, 0.25) is 0 Å². The molecule has 126 valence electrons. The predicted molar refractivity (Wildman–Crippen MR) is 90.7 cm³/mol. The molecule has 1 aliphatic rings. The number of rotatable bonds is 12. The van der Waals surface area contributed by atoms with Crippen molar-refractivity contribution in [2.75, 3.05) is 53.4 Å². The molecule has 4 heteroatoms. The van der Waals surface area contributed by atoms with E-state index in [1.165, 1.54) is 12.8 Å². The molecular weight excluding hydrogens is 262 g/mol. The van der Waals surface area contributed by atoms with Crippen LogP contribution in [0.4, 0.5) is 0 Å². The Bertz CT molecular complexity index is 279. The molecule has 0 spiro atoms. The molecule has 0 amide bonds. The third kappa shape index (κ3) is 6.64. The van der Waals surface area contributed by atoms with Crippen LogP contribution in [0.1, 0.15) is 40.0 Å². The van der Waals surface area contributed by atoms with Crippen molar-refractivity contribution in [1.29, 1.82) is 0 Å². The summed E-state index contributed by atoms with van der Waals surface area (Å²) >= 11 is 0. The van der Waals surface area contributed by atoms with Crippen LogP contribution in [0, 0.1) is 11.8 Å². The van der Waals surface area contributed by atoms with Gasteiger partial charge in [-0.1, -0.05) is 20.8 Å². The quantitative estimate of drug-likeness (QED) is 0.575. The van der Waals surface area contributed by atoms with Crippen LogP contribution in [0.15, 0.2) is 0 Å². The average molecular weight is 300 g/mol. The summed E-state index contributed by atoms with van der Waals surface area (Å²) in [4.78, 5) is 4.78. The first-order valence-corrected chi connectivity index (χ1v) is 8.66. The van der Waals surface area contributed by atoms with E-state index in [1.807, 2.05) is 0 Å². The Kier molecular flexibility index (Phi) is 8.17. The molecular formula is C17H37N3O. The van der Waals surface area contributed by atoms with E-state index in [0.29, 0.717) is 11.8 Å². The van der Waals surface area contributed by atoms with Crippen molar-refractivity contribution in [1.82, 2.24) is 15.1 Å². The molecule has 0 radical (unpaired) electrons. The molecule has 0 aliphatic heterocycles. The van der Waals surface area contributed by atoms with Crippen LogP contribution in [0.3, 0.4) is 0 Å². The first-order chi connectivity index (χ1) is 9.93. The van der Waals surface area contributed by atoms with E-state index in [0.717, 1.165) is 39.1 Å². The summed E-state index contributed by atoms with van der Waals surface area (Å²) in [6.45, 7) is 12.2. The summed E-state index contributed by atoms with van der Waals surface area (Å²) in [7, 11) is 4.26. The summed E-state index contributed by atoms with van der Waals surface area (Å²) in [5, 5.41) is 13.8. The maximum atomic E-state index is 10.1. The number of likely N-dealkylation sites (N-methyl/N-ethyl adjacent to an activating group) is 1. The number of aliphatic hydroxyl groups excluding tert-OH is 1. The molecule has 0 heterocycles. The fourth-order valence-electron chi connectivity index (χ4n) is 3.07. The van der Waals surface area contributed by atoms with Crippen molar-refractivity contribution < 1.29 is 5.11 Å². The zero-order valence-electron chi connectivity index (χ0n) is 14.9. The number of aliphatic hydroxyl groups is 1. The van der Waals surface area contributed by atoms with Gasteiger partial charge in [-0.05, 0) is 51.7 Å². The van der Waals surface area contributed by atoms with Crippen LogP contribution < -0.4 is 5.32 Å². The van der Waals surface area contributed by atoms with Gasteiger partial charge in [-0.15, -0.1) is 0 Å². The summed E-state index contributed by atoms with van der Waals surface area (Å²) in [6, 6.07) is 0. The van der Waals surface area contributed by atoms with Crippen LogP contribution in [0.5, 0.6) is 0 Å². The van der Waals surface area contributed by atoms with Gasteiger partial charge in [0.1, 0.15) is 0 Å². The van der Waals surface area contributed by atoms with E-state index < -0.39 is 0 Å². The lowest BCUT2D eigenvalue weighted by Gasteiger charge is -2.39. The minimum absolute atomic E-state index is 0.0861. The lowest BCUT2D eigenvalue weighted by molar-refractivity contribution is 0.0818. The van der Waals surface area contributed by atoms with Gasteiger partial charge in [0.05, 0.1) is 12.1 Å². The second kappa shape index (κ2) is 9.09. The van der Waals surface area contributed by atoms with E-state index >= 15 is 0 Å². The van der Waals surface area contributed by atoms with Gasteiger partial charge in [0.25, 0.3) is 0 Å². The second-order valence-electron chi connectivity index (χ2n) is 7.45. The minimum atomic E-state index is -0.0861. The first-order valence-electron chi connectivity index (χ1n) is 8.66. The Labute approximate surface area is 131 Å². The van der Waals surface area contributed by atoms with Gasteiger partial charge < -0.3 is 15.3 Å². The molecule has 4 nitrogen and oxygen atoms in total. The third-order valence-electron chi connectivity index (χ3n) is 4.36. The van der Waals surface area contributed by atoms with Crippen molar-refractivity contribution in [3.63, 3.8) is 0 Å². The zero-order chi connectivity index (χ0) is 15.9. The number of hydrogen-bond donors (Lipinski definition) is 2. The van der Waals surface area contributed by atoms with E-state index in [9.17, 15) is 5.11 Å². The third-order valence-corrected chi connectivity index (χ3v) is 4.36. The summed E-state index contributed by atoms with van der Waals surface area (Å²) in [5.41, 5.74) is -0.0861. The molecule has 21 heavy (non-hydrogen) atoms. The molecule has 1 saturated carbocycles. The van der Waals surface area contributed by atoms with E-state index in [2.05, 4.69) is 50.0 Å². The smallest absolute Gasteiger partial charge is 0.0628 e. The van der Waals surface area contributed by atoms with Gasteiger partial charge >= 0.3 is 0 Å². The number of nitrogens with zero attached hydrogens (tertiary/aromatic N) is 2. The summed E-state index contributed by atoms with van der Waals surface area (Å²) in [5.74, 6) is 1.32. The van der Waals surface area contributed by atoms with Gasteiger partial charge in [-0.3, -0.25) is 4.90 Å². The first kappa shape index (κ1) is 18.9. The SMILES string of the molecule is CCCNC(CO)(CN(CCN(C)C)CC(C)C)C1CC1. The number of nitrogens with one attached hydrogen (secondary N) is 1. The highest BCUT2D eigenvalue weighted by Gasteiger charge is 2.45. The standard InChI is InChI=1S/C17H37N3O/c1-6-9-18-17(14-21,16-7-8-16)13-20(12-15(2)3)11-10-19(4)5/h15-16,18,21H,6-14H2,1-5H3. The molecule has 0 bridgehead atoms. The maximum absolute atomic E-state index is 10.1.